The maximum absolute atomic E-state index is 12.4. The quantitative estimate of drug-likeness (QED) is 0.390. The van der Waals surface area contributed by atoms with Crippen LogP contribution in [-0.4, -0.2) is 39.4 Å². The summed E-state index contributed by atoms with van der Waals surface area (Å²) in [6.45, 7) is 5.76. The number of carbonyl (C=O) groups excluding carboxylic acids is 2. The normalized spacial score (nSPS) is 10.4. The van der Waals surface area contributed by atoms with E-state index in [1.807, 2.05) is 28.8 Å². The molecule has 0 saturated heterocycles. The van der Waals surface area contributed by atoms with Crippen LogP contribution in [0.2, 0.25) is 0 Å². The predicted molar refractivity (Wildman–Crippen MR) is 122 cm³/mol. The van der Waals surface area contributed by atoms with E-state index in [1.165, 1.54) is 18.7 Å². The highest BCUT2D eigenvalue weighted by Gasteiger charge is 2.15. The Labute approximate surface area is 184 Å². The van der Waals surface area contributed by atoms with Gasteiger partial charge in [-0.25, -0.2) is 0 Å². The van der Waals surface area contributed by atoms with Crippen molar-refractivity contribution in [3.63, 3.8) is 0 Å². The van der Waals surface area contributed by atoms with E-state index in [2.05, 4.69) is 27.4 Å². The Bertz CT molecular complexity index is 1060. The van der Waals surface area contributed by atoms with Gasteiger partial charge in [-0.1, -0.05) is 17.8 Å². The molecule has 1 heterocycles. The molecule has 31 heavy (non-hydrogen) atoms. The molecule has 160 valence electrons. The van der Waals surface area contributed by atoms with E-state index in [0.29, 0.717) is 28.9 Å². The summed E-state index contributed by atoms with van der Waals surface area (Å²) in [5, 5.41) is 14.7. The first kappa shape index (κ1) is 22.1. The number of carbonyl (C=O) groups is 2. The highest BCUT2D eigenvalue weighted by Crippen LogP contribution is 2.26. The van der Waals surface area contributed by atoms with Gasteiger partial charge in [0.05, 0.1) is 12.9 Å². The molecule has 0 saturated carbocycles. The average molecular weight is 438 g/mol. The van der Waals surface area contributed by atoms with Crippen LogP contribution in [0.5, 0.6) is 5.75 Å². The lowest BCUT2D eigenvalue weighted by atomic mass is 10.2. The number of rotatable bonds is 9. The van der Waals surface area contributed by atoms with Crippen LogP contribution in [0.15, 0.2) is 66.3 Å². The second kappa shape index (κ2) is 10.4. The highest BCUT2D eigenvalue weighted by atomic mass is 32.2. The number of methoxy groups -OCH3 is 1. The molecule has 1 aromatic heterocycles. The van der Waals surface area contributed by atoms with E-state index in [4.69, 9.17) is 4.74 Å². The van der Waals surface area contributed by atoms with E-state index in [9.17, 15) is 9.59 Å². The lowest BCUT2D eigenvalue weighted by Crippen LogP contribution is -2.15. The predicted octanol–water partition coefficient (Wildman–Crippen LogP) is 3.83. The number of hydrogen-bond donors (Lipinski definition) is 2. The molecule has 0 unspecified atom stereocenters. The molecule has 2 aromatic carbocycles. The lowest BCUT2D eigenvalue weighted by molar-refractivity contribution is -0.114. The van der Waals surface area contributed by atoms with Gasteiger partial charge in [0.2, 0.25) is 11.8 Å². The molecule has 8 nitrogen and oxygen atoms in total. The van der Waals surface area contributed by atoms with Gasteiger partial charge in [-0.15, -0.1) is 16.8 Å². The first-order valence-corrected chi connectivity index (χ1v) is 10.5. The topological polar surface area (TPSA) is 98.1 Å². The van der Waals surface area contributed by atoms with Crippen molar-refractivity contribution < 1.29 is 14.3 Å². The van der Waals surface area contributed by atoms with Crippen LogP contribution in [0.25, 0.3) is 11.4 Å². The monoisotopic (exact) mass is 437 g/mol. The highest BCUT2D eigenvalue weighted by molar-refractivity contribution is 7.99. The van der Waals surface area contributed by atoms with Crippen LogP contribution in [0.3, 0.4) is 0 Å². The van der Waals surface area contributed by atoms with Gasteiger partial charge in [0, 0.05) is 30.4 Å². The zero-order chi connectivity index (χ0) is 22.2. The third kappa shape index (κ3) is 5.95. The number of amides is 2. The SMILES string of the molecule is C=CCn1c(SCC(=O)Nc2ccc(NC(C)=O)cc2)nnc1-c1ccc(OC)cc1. The third-order valence-corrected chi connectivity index (χ3v) is 5.16. The number of aromatic nitrogens is 3. The summed E-state index contributed by atoms with van der Waals surface area (Å²) < 4.78 is 7.11. The number of nitrogens with zero attached hydrogens (tertiary/aromatic N) is 3. The van der Waals surface area contributed by atoms with Crippen molar-refractivity contribution in [2.24, 2.45) is 0 Å². The van der Waals surface area contributed by atoms with E-state index < -0.39 is 0 Å². The van der Waals surface area contributed by atoms with Crippen LogP contribution in [0.1, 0.15) is 6.92 Å². The van der Waals surface area contributed by atoms with E-state index >= 15 is 0 Å². The number of hydrogen-bond acceptors (Lipinski definition) is 6. The fraction of sp³-hybridized carbons (Fsp3) is 0.182. The van der Waals surface area contributed by atoms with Gasteiger partial charge < -0.3 is 15.4 Å². The largest absolute Gasteiger partial charge is 0.497 e. The number of nitrogens with one attached hydrogen (secondary N) is 2. The molecule has 2 N–H and O–H groups in total. The molecule has 0 atom stereocenters. The number of allylic oxidation sites excluding steroid dienone is 1. The summed E-state index contributed by atoms with van der Waals surface area (Å²) in [5.41, 5.74) is 2.21. The molecule has 0 radical (unpaired) electrons. The minimum absolute atomic E-state index is 0.147. The molecule has 2 amide bonds. The summed E-state index contributed by atoms with van der Waals surface area (Å²) in [5.74, 6) is 1.31. The third-order valence-electron chi connectivity index (χ3n) is 4.20. The molecule has 0 aliphatic rings. The van der Waals surface area contributed by atoms with Crippen molar-refractivity contribution in [3.05, 3.63) is 61.2 Å². The molecule has 0 spiro atoms. The van der Waals surface area contributed by atoms with Crippen molar-refractivity contribution in [2.75, 3.05) is 23.5 Å². The number of benzene rings is 2. The molecule has 0 aliphatic carbocycles. The lowest BCUT2D eigenvalue weighted by Gasteiger charge is -2.09. The standard InChI is InChI=1S/C22H23N5O3S/c1-4-13-27-21(16-5-11-19(30-3)12-6-16)25-26-22(27)31-14-20(29)24-18-9-7-17(8-10-18)23-15(2)28/h4-12H,1,13-14H2,2-3H3,(H,23,28)(H,24,29). The Morgan fingerprint density at radius 3 is 2.29 bits per heavy atom. The van der Waals surface area contributed by atoms with Gasteiger partial charge in [-0.2, -0.15) is 0 Å². The maximum atomic E-state index is 12.4. The Kier molecular flexibility index (Phi) is 7.45. The second-order valence-electron chi connectivity index (χ2n) is 6.53. The average Bonchev–Trinajstić information content (AvgIpc) is 3.16. The molecule has 3 rings (SSSR count). The van der Waals surface area contributed by atoms with Crippen molar-refractivity contribution in [3.8, 4) is 17.1 Å². The van der Waals surface area contributed by atoms with E-state index in [1.54, 1.807) is 37.5 Å². The molecule has 0 bridgehead atoms. The maximum Gasteiger partial charge on any atom is 0.234 e. The fourth-order valence-corrected chi connectivity index (χ4v) is 3.56. The van der Waals surface area contributed by atoms with Crippen LogP contribution in [-0.2, 0) is 16.1 Å². The van der Waals surface area contributed by atoms with Crippen LogP contribution in [0, 0.1) is 0 Å². The zero-order valence-corrected chi connectivity index (χ0v) is 18.1. The van der Waals surface area contributed by atoms with Crippen molar-refractivity contribution in [2.45, 2.75) is 18.6 Å². The molecule has 0 aliphatic heterocycles. The van der Waals surface area contributed by atoms with Crippen LogP contribution >= 0.6 is 11.8 Å². The Hall–Kier alpha value is -3.59. The van der Waals surface area contributed by atoms with Crippen LogP contribution < -0.4 is 15.4 Å². The van der Waals surface area contributed by atoms with Gasteiger partial charge in [-0.05, 0) is 48.5 Å². The van der Waals surface area contributed by atoms with Crippen LogP contribution in [0.4, 0.5) is 11.4 Å². The molecular weight excluding hydrogens is 414 g/mol. The van der Waals surface area contributed by atoms with Gasteiger partial charge >= 0.3 is 0 Å². The number of ether oxygens (including phenoxy) is 1. The first-order valence-electron chi connectivity index (χ1n) is 9.49. The molecule has 3 aromatic rings. The number of thioether (sulfide) groups is 1. The van der Waals surface area contributed by atoms with E-state index in [0.717, 1.165) is 11.3 Å². The minimum atomic E-state index is -0.170. The fourth-order valence-electron chi connectivity index (χ4n) is 2.81. The van der Waals surface area contributed by atoms with Gasteiger partial charge in [0.25, 0.3) is 0 Å². The summed E-state index contributed by atoms with van der Waals surface area (Å²) in [6, 6.07) is 14.5. The van der Waals surface area contributed by atoms with Gasteiger partial charge in [0.1, 0.15) is 5.75 Å². The van der Waals surface area contributed by atoms with Crippen molar-refractivity contribution >= 4 is 35.0 Å². The summed E-state index contributed by atoms with van der Waals surface area (Å²) in [7, 11) is 1.62. The first-order chi connectivity index (χ1) is 15.0. The molecule has 9 heteroatoms. The minimum Gasteiger partial charge on any atom is -0.497 e. The van der Waals surface area contributed by atoms with Gasteiger partial charge in [0.15, 0.2) is 11.0 Å². The Morgan fingerprint density at radius 2 is 1.71 bits per heavy atom. The molecule has 0 fully saturated rings. The zero-order valence-electron chi connectivity index (χ0n) is 17.3. The Balaban J connectivity index is 1.65. The molecular formula is C22H23N5O3S. The Morgan fingerprint density at radius 1 is 1.06 bits per heavy atom. The summed E-state index contributed by atoms with van der Waals surface area (Å²) >= 11 is 1.30. The van der Waals surface area contributed by atoms with Crippen molar-refractivity contribution in [1.82, 2.24) is 14.8 Å². The van der Waals surface area contributed by atoms with E-state index in [-0.39, 0.29) is 17.6 Å². The smallest absolute Gasteiger partial charge is 0.234 e. The van der Waals surface area contributed by atoms with Crippen molar-refractivity contribution in [1.29, 1.82) is 0 Å². The van der Waals surface area contributed by atoms with Gasteiger partial charge in [-0.3, -0.25) is 14.2 Å². The number of anilines is 2. The summed E-state index contributed by atoms with van der Waals surface area (Å²) in [6.07, 6.45) is 1.76. The summed E-state index contributed by atoms with van der Waals surface area (Å²) in [4.78, 5) is 23.5. The second-order valence-corrected chi connectivity index (χ2v) is 7.47.